The van der Waals surface area contributed by atoms with Gasteiger partial charge in [-0.3, -0.25) is 4.68 Å². The van der Waals surface area contributed by atoms with Crippen LogP contribution in [0.5, 0.6) is 0 Å². The Morgan fingerprint density at radius 2 is 1.90 bits per heavy atom. The first kappa shape index (κ1) is 12.9. The summed E-state index contributed by atoms with van der Waals surface area (Å²) in [6, 6.07) is 7.74. The van der Waals surface area contributed by atoms with E-state index in [1.807, 2.05) is 43.8 Å². The maximum Gasteiger partial charge on any atom is 0.134 e. The topological polar surface area (TPSA) is 57.0 Å². The molecule has 4 nitrogen and oxygen atoms in total. The maximum absolute atomic E-state index is 6.45. The third-order valence-corrected chi connectivity index (χ3v) is 4.04. The molecule has 0 radical (unpaired) electrons. The highest BCUT2D eigenvalue weighted by molar-refractivity contribution is 5.82. The number of aryl methyl sites for hydroxylation is 3. The highest BCUT2D eigenvalue weighted by atomic mass is 16.3. The lowest BCUT2D eigenvalue weighted by molar-refractivity contribution is 0.519. The molecule has 3 rings (SSSR count). The van der Waals surface area contributed by atoms with E-state index in [0.29, 0.717) is 0 Å². The molecule has 1 unspecified atom stereocenters. The molecule has 20 heavy (non-hydrogen) atoms. The van der Waals surface area contributed by atoms with Crippen molar-refractivity contribution in [3.63, 3.8) is 0 Å². The van der Waals surface area contributed by atoms with Gasteiger partial charge >= 0.3 is 0 Å². The van der Waals surface area contributed by atoms with Gasteiger partial charge in [0.05, 0.1) is 11.7 Å². The fraction of sp³-hybridized carbons (Fsp3) is 0.312. The van der Waals surface area contributed by atoms with Crippen LogP contribution in [0.2, 0.25) is 0 Å². The van der Waals surface area contributed by atoms with Crippen LogP contribution in [-0.2, 0) is 7.05 Å². The van der Waals surface area contributed by atoms with Gasteiger partial charge in [-0.05, 0) is 26.8 Å². The minimum Gasteiger partial charge on any atom is -0.459 e. The monoisotopic (exact) mass is 269 g/mol. The van der Waals surface area contributed by atoms with Crippen molar-refractivity contribution in [2.24, 2.45) is 12.8 Å². The first-order valence-corrected chi connectivity index (χ1v) is 6.74. The molecule has 3 aromatic rings. The van der Waals surface area contributed by atoms with Crippen molar-refractivity contribution < 1.29 is 4.42 Å². The zero-order chi connectivity index (χ0) is 14.4. The Labute approximate surface area is 118 Å². The van der Waals surface area contributed by atoms with Crippen molar-refractivity contribution in [3.05, 3.63) is 52.5 Å². The molecule has 1 atom stereocenters. The molecule has 104 valence electrons. The highest BCUT2D eigenvalue weighted by Gasteiger charge is 2.23. The molecule has 2 aromatic heterocycles. The lowest BCUT2D eigenvalue weighted by atomic mass is 10.00. The van der Waals surface area contributed by atoms with Gasteiger partial charge in [-0.25, -0.2) is 0 Å². The Kier molecular flexibility index (Phi) is 2.91. The minimum atomic E-state index is -0.281. The van der Waals surface area contributed by atoms with Crippen LogP contribution in [0.1, 0.15) is 34.3 Å². The van der Waals surface area contributed by atoms with Crippen LogP contribution in [0.3, 0.4) is 0 Å². The summed E-state index contributed by atoms with van der Waals surface area (Å²) in [6.07, 6.45) is 0. The van der Waals surface area contributed by atoms with E-state index in [4.69, 9.17) is 10.2 Å². The summed E-state index contributed by atoms with van der Waals surface area (Å²) >= 11 is 0. The first-order chi connectivity index (χ1) is 9.50. The van der Waals surface area contributed by atoms with Gasteiger partial charge in [0.2, 0.25) is 0 Å². The molecule has 0 aliphatic rings. The standard InChI is InChI=1S/C16H19N3O/c1-9-12-7-5-6-8-13(12)20-16(9)15(17)14-10(2)18-19(4)11(14)3/h5-8,15H,17H2,1-4H3. The molecular weight excluding hydrogens is 250 g/mol. The van der Waals surface area contributed by atoms with E-state index in [2.05, 4.69) is 18.1 Å². The van der Waals surface area contributed by atoms with Gasteiger partial charge in [0.15, 0.2) is 0 Å². The molecule has 2 heterocycles. The predicted octanol–water partition coefficient (Wildman–Crippen LogP) is 3.14. The fourth-order valence-corrected chi connectivity index (χ4v) is 2.86. The van der Waals surface area contributed by atoms with Crippen LogP contribution in [0.25, 0.3) is 11.0 Å². The zero-order valence-electron chi connectivity index (χ0n) is 12.3. The second kappa shape index (κ2) is 4.49. The van der Waals surface area contributed by atoms with Crippen molar-refractivity contribution in [1.29, 1.82) is 0 Å². The van der Waals surface area contributed by atoms with E-state index in [9.17, 15) is 0 Å². The molecule has 0 spiro atoms. The molecular formula is C16H19N3O. The van der Waals surface area contributed by atoms with Crippen LogP contribution < -0.4 is 5.73 Å². The quantitative estimate of drug-likeness (QED) is 0.777. The summed E-state index contributed by atoms with van der Waals surface area (Å²) in [4.78, 5) is 0. The van der Waals surface area contributed by atoms with E-state index in [1.54, 1.807) is 0 Å². The summed E-state index contributed by atoms with van der Waals surface area (Å²) in [6.45, 7) is 6.08. The van der Waals surface area contributed by atoms with Crippen LogP contribution in [0, 0.1) is 20.8 Å². The van der Waals surface area contributed by atoms with Gasteiger partial charge in [-0.15, -0.1) is 0 Å². The van der Waals surface area contributed by atoms with Gasteiger partial charge in [-0.1, -0.05) is 18.2 Å². The summed E-state index contributed by atoms with van der Waals surface area (Å²) in [5.41, 5.74) is 11.5. The van der Waals surface area contributed by atoms with Crippen molar-refractivity contribution in [1.82, 2.24) is 9.78 Å². The van der Waals surface area contributed by atoms with Gasteiger partial charge < -0.3 is 10.2 Å². The number of aromatic nitrogens is 2. The molecule has 0 saturated heterocycles. The Bertz CT molecular complexity index is 782. The SMILES string of the molecule is Cc1nn(C)c(C)c1C(N)c1oc2ccccc2c1C. The van der Waals surface area contributed by atoms with Crippen molar-refractivity contribution in [2.75, 3.05) is 0 Å². The summed E-state index contributed by atoms with van der Waals surface area (Å²) < 4.78 is 7.84. The predicted molar refractivity (Wildman–Crippen MR) is 79.7 cm³/mol. The fourth-order valence-electron chi connectivity index (χ4n) is 2.86. The number of nitrogens with zero attached hydrogens (tertiary/aromatic N) is 2. The van der Waals surface area contributed by atoms with Crippen LogP contribution in [-0.4, -0.2) is 9.78 Å². The Morgan fingerprint density at radius 3 is 2.50 bits per heavy atom. The third kappa shape index (κ3) is 1.76. The summed E-state index contributed by atoms with van der Waals surface area (Å²) in [5.74, 6) is 0.824. The lowest BCUT2D eigenvalue weighted by Crippen LogP contribution is -2.14. The van der Waals surface area contributed by atoms with E-state index >= 15 is 0 Å². The Morgan fingerprint density at radius 1 is 1.20 bits per heavy atom. The number of nitrogens with two attached hydrogens (primary N) is 1. The molecule has 0 saturated carbocycles. The molecule has 0 fully saturated rings. The van der Waals surface area contributed by atoms with Gasteiger partial charge in [-0.2, -0.15) is 5.10 Å². The number of benzene rings is 1. The normalized spacial score (nSPS) is 13.1. The lowest BCUT2D eigenvalue weighted by Gasteiger charge is -2.11. The number of fused-ring (bicyclic) bond motifs is 1. The molecule has 0 aliphatic heterocycles. The van der Waals surface area contributed by atoms with E-state index in [-0.39, 0.29) is 6.04 Å². The van der Waals surface area contributed by atoms with E-state index < -0.39 is 0 Å². The molecule has 0 aliphatic carbocycles. The Balaban J connectivity index is 2.17. The average molecular weight is 269 g/mol. The second-order valence-corrected chi connectivity index (χ2v) is 5.27. The van der Waals surface area contributed by atoms with Crippen LogP contribution in [0.15, 0.2) is 28.7 Å². The molecule has 0 bridgehead atoms. The molecule has 1 aromatic carbocycles. The molecule has 4 heteroatoms. The second-order valence-electron chi connectivity index (χ2n) is 5.27. The number of rotatable bonds is 2. The first-order valence-electron chi connectivity index (χ1n) is 6.74. The third-order valence-electron chi connectivity index (χ3n) is 4.04. The zero-order valence-corrected chi connectivity index (χ0v) is 12.3. The van der Waals surface area contributed by atoms with Gasteiger partial charge in [0, 0.05) is 29.3 Å². The van der Waals surface area contributed by atoms with Gasteiger partial charge in [0.1, 0.15) is 11.3 Å². The molecule has 0 amide bonds. The number of hydrogen-bond donors (Lipinski definition) is 1. The van der Waals surface area contributed by atoms with E-state index in [1.165, 1.54) is 0 Å². The summed E-state index contributed by atoms with van der Waals surface area (Å²) in [7, 11) is 1.93. The van der Waals surface area contributed by atoms with Crippen molar-refractivity contribution in [3.8, 4) is 0 Å². The highest BCUT2D eigenvalue weighted by Crippen LogP contribution is 2.33. The largest absolute Gasteiger partial charge is 0.459 e. The van der Waals surface area contributed by atoms with Crippen LogP contribution in [0.4, 0.5) is 0 Å². The average Bonchev–Trinajstić information content (AvgIpc) is 2.88. The van der Waals surface area contributed by atoms with Crippen molar-refractivity contribution in [2.45, 2.75) is 26.8 Å². The number of furan rings is 1. The van der Waals surface area contributed by atoms with Gasteiger partial charge in [0.25, 0.3) is 0 Å². The van der Waals surface area contributed by atoms with Crippen LogP contribution >= 0.6 is 0 Å². The number of para-hydroxylation sites is 1. The minimum absolute atomic E-state index is 0.281. The Hall–Kier alpha value is -2.07. The smallest absolute Gasteiger partial charge is 0.134 e. The maximum atomic E-state index is 6.45. The van der Waals surface area contributed by atoms with Crippen molar-refractivity contribution >= 4 is 11.0 Å². The number of hydrogen-bond acceptors (Lipinski definition) is 3. The molecule has 2 N–H and O–H groups in total. The summed E-state index contributed by atoms with van der Waals surface area (Å²) in [5, 5.41) is 5.56. The van der Waals surface area contributed by atoms with E-state index in [0.717, 1.165) is 39.2 Å².